The number of ketones is 1. The van der Waals surface area contributed by atoms with Crippen molar-refractivity contribution in [1.29, 1.82) is 0 Å². The topological polar surface area (TPSA) is 121 Å². The maximum absolute atomic E-state index is 13.4. The van der Waals surface area contributed by atoms with Crippen LogP contribution in [-0.4, -0.2) is 91.2 Å². The van der Waals surface area contributed by atoms with Crippen LogP contribution in [0.2, 0.25) is 0 Å². The van der Waals surface area contributed by atoms with Gasteiger partial charge in [0.05, 0.1) is 39.0 Å². The lowest BCUT2D eigenvalue weighted by molar-refractivity contribution is -0.140. The first-order chi connectivity index (χ1) is 17.3. The first-order valence-electron chi connectivity index (χ1n) is 11.8. The lowest BCUT2D eigenvalue weighted by Crippen LogP contribution is -2.42. The van der Waals surface area contributed by atoms with Crippen molar-refractivity contribution in [1.82, 2.24) is 14.8 Å². The minimum absolute atomic E-state index is 0.0307. The number of esters is 1. The Hall–Kier alpha value is -3.63. The molecule has 2 fully saturated rings. The Morgan fingerprint density at radius 3 is 2.56 bits per heavy atom. The number of nitrogens with zero attached hydrogens (tertiary/aromatic N) is 2. The predicted molar refractivity (Wildman–Crippen MR) is 131 cm³/mol. The maximum Gasteiger partial charge on any atom is 0.354 e. The summed E-state index contributed by atoms with van der Waals surface area (Å²) in [6.07, 6.45) is 0. The van der Waals surface area contributed by atoms with Crippen LogP contribution in [0, 0.1) is 13.8 Å². The second kappa shape index (κ2) is 10.5. The van der Waals surface area contributed by atoms with Gasteiger partial charge >= 0.3 is 5.97 Å². The van der Waals surface area contributed by atoms with Gasteiger partial charge in [0.15, 0.2) is 0 Å². The summed E-state index contributed by atoms with van der Waals surface area (Å²) < 4.78 is 15.6. The number of hydrogen-bond donors (Lipinski definition) is 2. The molecule has 1 aromatic carbocycles. The summed E-state index contributed by atoms with van der Waals surface area (Å²) in [5.74, 6) is -1.83. The molecule has 1 amide bonds. The van der Waals surface area contributed by atoms with Crippen molar-refractivity contribution in [2.45, 2.75) is 19.9 Å². The van der Waals surface area contributed by atoms with Crippen molar-refractivity contribution in [2.24, 2.45) is 0 Å². The van der Waals surface area contributed by atoms with Crippen molar-refractivity contribution in [3.63, 3.8) is 0 Å². The number of aliphatic hydroxyl groups is 1. The summed E-state index contributed by atoms with van der Waals surface area (Å²) in [6.45, 7) is 6.91. The lowest BCUT2D eigenvalue weighted by Gasteiger charge is -2.31. The van der Waals surface area contributed by atoms with Crippen molar-refractivity contribution in [3.05, 3.63) is 57.9 Å². The Morgan fingerprint density at radius 2 is 1.89 bits per heavy atom. The van der Waals surface area contributed by atoms with Gasteiger partial charge in [-0.05, 0) is 37.1 Å². The quantitative estimate of drug-likeness (QED) is 0.258. The van der Waals surface area contributed by atoms with Gasteiger partial charge in [-0.2, -0.15) is 0 Å². The Kier molecular flexibility index (Phi) is 7.46. The van der Waals surface area contributed by atoms with Gasteiger partial charge in [0.2, 0.25) is 0 Å². The minimum atomic E-state index is -0.823. The molecule has 10 nitrogen and oxygen atoms in total. The number of aryl methyl sites for hydroxylation is 1. The summed E-state index contributed by atoms with van der Waals surface area (Å²) in [7, 11) is 2.80. The first-order valence-corrected chi connectivity index (χ1v) is 11.8. The molecule has 1 atom stereocenters. The Bertz CT molecular complexity index is 1210. The molecule has 0 saturated carbocycles. The highest BCUT2D eigenvalue weighted by Gasteiger charge is 2.46. The highest BCUT2D eigenvalue weighted by Crippen LogP contribution is 2.41. The highest BCUT2D eigenvalue weighted by atomic mass is 16.5. The van der Waals surface area contributed by atoms with E-state index < -0.39 is 23.7 Å². The van der Waals surface area contributed by atoms with Crippen LogP contribution in [0.1, 0.15) is 38.9 Å². The number of aliphatic hydroxyl groups excluding tert-OH is 1. The fourth-order valence-corrected chi connectivity index (χ4v) is 4.89. The smallest absolute Gasteiger partial charge is 0.354 e. The van der Waals surface area contributed by atoms with Crippen molar-refractivity contribution < 1.29 is 33.7 Å². The molecule has 2 aliphatic rings. The largest absolute Gasteiger partial charge is 0.507 e. The molecule has 192 valence electrons. The van der Waals surface area contributed by atoms with Crippen LogP contribution in [0.3, 0.4) is 0 Å². The van der Waals surface area contributed by atoms with E-state index >= 15 is 0 Å². The van der Waals surface area contributed by atoms with Gasteiger partial charge in [-0.25, -0.2) is 4.79 Å². The second-order valence-electron chi connectivity index (χ2n) is 8.84. The van der Waals surface area contributed by atoms with Crippen molar-refractivity contribution in [3.8, 4) is 5.75 Å². The number of rotatable bonds is 7. The summed E-state index contributed by atoms with van der Waals surface area (Å²) in [5, 5.41) is 11.5. The summed E-state index contributed by atoms with van der Waals surface area (Å²) >= 11 is 0. The molecule has 2 N–H and O–H groups in total. The van der Waals surface area contributed by atoms with Crippen LogP contribution >= 0.6 is 0 Å². The van der Waals surface area contributed by atoms with E-state index in [1.807, 2.05) is 0 Å². The zero-order valence-corrected chi connectivity index (χ0v) is 20.9. The molecular formula is C26H31N3O7. The summed E-state index contributed by atoms with van der Waals surface area (Å²) in [4.78, 5) is 45.4. The number of Topliss-reactive ketones (excluding diaryl/α,β-unsaturated/α-hetero) is 1. The van der Waals surface area contributed by atoms with E-state index in [4.69, 9.17) is 14.2 Å². The van der Waals surface area contributed by atoms with Crippen LogP contribution < -0.4 is 4.74 Å². The fraction of sp³-hybridized carbons (Fsp3) is 0.423. The van der Waals surface area contributed by atoms with Crippen LogP contribution in [0.4, 0.5) is 0 Å². The molecule has 1 aromatic heterocycles. The van der Waals surface area contributed by atoms with E-state index in [-0.39, 0.29) is 17.0 Å². The number of H-pyrrole nitrogens is 1. The molecule has 2 aromatic rings. The number of benzene rings is 1. The zero-order chi connectivity index (χ0) is 26.0. The van der Waals surface area contributed by atoms with Gasteiger partial charge in [0.25, 0.3) is 11.7 Å². The van der Waals surface area contributed by atoms with Gasteiger partial charge < -0.3 is 29.2 Å². The summed E-state index contributed by atoms with van der Waals surface area (Å²) in [5.41, 5.74) is 1.99. The van der Waals surface area contributed by atoms with Crippen molar-refractivity contribution >= 4 is 23.4 Å². The van der Waals surface area contributed by atoms with Crippen LogP contribution in [-0.2, 0) is 19.1 Å². The van der Waals surface area contributed by atoms with Gasteiger partial charge in [-0.1, -0.05) is 12.1 Å². The van der Waals surface area contributed by atoms with Gasteiger partial charge in [0, 0.05) is 37.4 Å². The zero-order valence-electron chi connectivity index (χ0n) is 20.9. The molecule has 10 heteroatoms. The van der Waals surface area contributed by atoms with Gasteiger partial charge in [-0.3, -0.25) is 14.5 Å². The monoisotopic (exact) mass is 497 g/mol. The number of carbonyl (C=O) groups excluding carboxylic acids is 3. The molecule has 0 bridgehead atoms. The van der Waals surface area contributed by atoms with Crippen molar-refractivity contribution in [2.75, 3.05) is 53.6 Å². The van der Waals surface area contributed by atoms with Gasteiger partial charge in [0.1, 0.15) is 17.2 Å². The second-order valence-corrected chi connectivity index (χ2v) is 8.84. The number of aromatic nitrogens is 1. The third-order valence-corrected chi connectivity index (χ3v) is 6.77. The molecule has 2 saturated heterocycles. The van der Waals surface area contributed by atoms with Crippen LogP contribution in [0.25, 0.3) is 5.76 Å². The Balaban J connectivity index is 1.81. The average molecular weight is 498 g/mol. The molecular weight excluding hydrogens is 466 g/mol. The third-order valence-electron chi connectivity index (χ3n) is 6.77. The number of likely N-dealkylation sites (tertiary alicyclic amines) is 1. The number of nitrogens with one attached hydrogen (secondary N) is 1. The SMILES string of the molecule is COC(=O)c1[nH]c(C)c(/C(O)=C2\C(=O)C(=O)N(CCN3CCOCC3)[C@H]2c2cccc(OC)c2)c1C. The number of carbonyl (C=O) groups is 3. The molecule has 2 aliphatic heterocycles. The number of aromatic amines is 1. The maximum atomic E-state index is 13.4. The Labute approximate surface area is 209 Å². The van der Waals surface area contributed by atoms with E-state index in [0.717, 1.165) is 13.1 Å². The minimum Gasteiger partial charge on any atom is -0.507 e. The molecule has 0 spiro atoms. The Morgan fingerprint density at radius 1 is 1.17 bits per heavy atom. The molecule has 0 radical (unpaired) electrons. The van der Waals surface area contributed by atoms with E-state index in [1.54, 1.807) is 38.1 Å². The molecule has 4 rings (SSSR count). The molecule has 0 aliphatic carbocycles. The highest BCUT2D eigenvalue weighted by molar-refractivity contribution is 6.46. The first kappa shape index (κ1) is 25.5. The van der Waals surface area contributed by atoms with Crippen LogP contribution in [0.15, 0.2) is 29.8 Å². The standard InChI is InChI=1S/C26H31N3O7/c1-15-19(16(2)27-21(15)26(33)35-4)23(30)20-22(17-6-5-7-18(14-17)34-3)29(25(32)24(20)31)9-8-28-10-12-36-13-11-28/h5-7,14,22,27,30H,8-13H2,1-4H3/b23-20+/t22-/m0/s1. The number of methoxy groups -OCH3 is 2. The van der Waals surface area contributed by atoms with E-state index in [0.29, 0.717) is 54.4 Å². The fourth-order valence-electron chi connectivity index (χ4n) is 4.89. The predicted octanol–water partition coefficient (Wildman–Crippen LogP) is 2.18. The van der Waals surface area contributed by atoms with E-state index in [2.05, 4.69) is 9.88 Å². The number of amides is 1. The lowest BCUT2D eigenvalue weighted by atomic mass is 9.94. The van der Waals surface area contributed by atoms with Crippen LogP contribution in [0.5, 0.6) is 5.75 Å². The number of ether oxygens (including phenoxy) is 3. The van der Waals surface area contributed by atoms with Gasteiger partial charge in [-0.15, -0.1) is 0 Å². The summed E-state index contributed by atoms with van der Waals surface area (Å²) in [6, 6.07) is 6.27. The number of morpholine rings is 1. The average Bonchev–Trinajstić information content (AvgIpc) is 3.34. The normalized spacial score (nSPS) is 20.1. The molecule has 0 unspecified atom stereocenters. The molecule has 36 heavy (non-hydrogen) atoms. The molecule has 3 heterocycles. The third kappa shape index (κ3) is 4.61. The van der Waals surface area contributed by atoms with E-state index in [1.165, 1.54) is 19.1 Å². The van der Waals surface area contributed by atoms with E-state index in [9.17, 15) is 19.5 Å². The number of hydrogen-bond acceptors (Lipinski definition) is 8.